The van der Waals surface area contributed by atoms with E-state index in [1.807, 2.05) is 13.1 Å². The third kappa shape index (κ3) is 2.25. The van der Waals surface area contributed by atoms with Crippen LogP contribution in [-0.4, -0.2) is 44.2 Å². The molecule has 0 amide bonds. The van der Waals surface area contributed by atoms with E-state index in [0.29, 0.717) is 12.6 Å². The normalized spacial score (nSPS) is 16.2. The largest absolute Gasteiger partial charge is 0.463 e. The molecule has 0 spiro atoms. The van der Waals surface area contributed by atoms with Gasteiger partial charge in [-0.3, -0.25) is 4.90 Å². The number of likely N-dealkylation sites (N-methyl/N-ethyl adjacent to an activating group) is 1. The standard InChI is InChI=1S/C11H16N2O3/c1-13(8-5-12-6-8)7-9-3-4-10(16-9)11(14)15-2/h3-4,8,12H,5-7H2,1-2H3. The third-order valence-electron chi connectivity index (χ3n) is 2.84. The van der Waals surface area contributed by atoms with E-state index in [4.69, 9.17) is 4.42 Å². The minimum atomic E-state index is -0.431. The van der Waals surface area contributed by atoms with Crippen LogP contribution in [0.25, 0.3) is 0 Å². The first-order valence-electron chi connectivity index (χ1n) is 5.28. The first kappa shape index (κ1) is 11.2. The van der Waals surface area contributed by atoms with Crippen molar-refractivity contribution >= 4 is 5.97 Å². The molecule has 0 saturated carbocycles. The molecule has 88 valence electrons. The summed E-state index contributed by atoms with van der Waals surface area (Å²) in [5, 5.41) is 3.21. The highest BCUT2D eigenvalue weighted by Crippen LogP contribution is 2.13. The van der Waals surface area contributed by atoms with Crippen molar-refractivity contribution in [2.24, 2.45) is 0 Å². The van der Waals surface area contributed by atoms with E-state index in [-0.39, 0.29) is 5.76 Å². The molecular formula is C11H16N2O3. The van der Waals surface area contributed by atoms with Gasteiger partial charge in [-0.15, -0.1) is 0 Å². The maximum Gasteiger partial charge on any atom is 0.373 e. The van der Waals surface area contributed by atoms with Gasteiger partial charge in [0.1, 0.15) is 5.76 Å². The SMILES string of the molecule is COC(=O)c1ccc(CN(C)C2CNC2)o1. The van der Waals surface area contributed by atoms with E-state index in [1.54, 1.807) is 6.07 Å². The third-order valence-corrected chi connectivity index (χ3v) is 2.84. The van der Waals surface area contributed by atoms with Gasteiger partial charge in [0.05, 0.1) is 13.7 Å². The highest BCUT2D eigenvalue weighted by molar-refractivity contribution is 5.86. The zero-order valence-electron chi connectivity index (χ0n) is 9.53. The summed E-state index contributed by atoms with van der Waals surface area (Å²) in [6, 6.07) is 4.02. The number of carbonyl (C=O) groups is 1. The minimum absolute atomic E-state index is 0.262. The number of furan rings is 1. The van der Waals surface area contributed by atoms with Crippen LogP contribution in [0.1, 0.15) is 16.3 Å². The number of esters is 1. The molecule has 16 heavy (non-hydrogen) atoms. The summed E-state index contributed by atoms with van der Waals surface area (Å²) >= 11 is 0. The predicted octanol–water partition coefficient (Wildman–Crippen LogP) is 0.470. The van der Waals surface area contributed by atoms with E-state index in [9.17, 15) is 4.79 Å². The predicted molar refractivity (Wildman–Crippen MR) is 58.2 cm³/mol. The molecule has 2 rings (SSSR count). The Bertz CT molecular complexity index is 371. The molecule has 0 radical (unpaired) electrons. The van der Waals surface area contributed by atoms with Crippen LogP contribution in [0.15, 0.2) is 16.5 Å². The molecule has 1 fully saturated rings. The number of nitrogens with zero attached hydrogens (tertiary/aromatic N) is 1. The van der Waals surface area contributed by atoms with Crippen LogP contribution < -0.4 is 5.32 Å². The molecule has 5 heteroatoms. The monoisotopic (exact) mass is 224 g/mol. The van der Waals surface area contributed by atoms with Gasteiger partial charge in [-0.2, -0.15) is 0 Å². The summed E-state index contributed by atoms with van der Waals surface area (Å²) in [4.78, 5) is 13.4. The molecule has 0 atom stereocenters. The average Bonchev–Trinajstić information content (AvgIpc) is 2.62. The topological polar surface area (TPSA) is 54.7 Å². The van der Waals surface area contributed by atoms with Gasteiger partial charge in [0.2, 0.25) is 5.76 Å². The van der Waals surface area contributed by atoms with Crippen molar-refractivity contribution < 1.29 is 13.9 Å². The van der Waals surface area contributed by atoms with E-state index in [0.717, 1.165) is 18.8 Å². The number of rotatable bonds is 4. The number of hydrogen-bond donors (Lipinski definition) is 1. The van der Waals surface area contributed by atoms with E-state index in [2.05, 4.69) is 15.0 Å². The van der Waals surface area contributed by atoms with Gasteiger partial charge in [0.15, 0.2) is 0 Å². The van der Waals surface area contributed by atoms with Gasteiger partial charge in [0, 0.05) is 19.1 Å². The van der Waals surface area contributed by atoms with E-state index < -0.39 is 5.97 Å². The number of methoxy groups -OCH3 is 1. The van der Waals surface area contributed by atoms with Crippen molar-refractivity contribution in [1.82, 2.24) is 10.2 Å². The summed E-state index contributed by atoms with van der Waals surface area (Å²) in [5.74, 6) is 0.617. The van der Waals surface area contributed by atoms with Crippen molar-refractivity contribution in [3.63, 3.8) is 0 Å². The second kappa shape index (κ2) is 4.67. The Morgan fingerprint density at radius 1 is 1.62 bits per heavy atom. The Morgan fingerprint density at radius 3 is 2.94 bits per heavy atom. The van der Waals surface area contributed by atoms with Crippen LogP contribution in [0.2, 0.25) is 0 Å². The van der Waals surface area contributed by atoms with Crippen LogP contribution in [0, 0.1) is 0 Å². The smallest absolute Gasteiger partial charge is 0.373 e. The molecule has 5 nitrogen and oxygen atoms in total. The maximum absolute atomic E-state index is 11.2. The van der Waals surface area contributed by atoms with E-state index in [1.165, 1.54) is 7.11 Å². The van der Waals surface area contributed by atoms with Gasteiger partial charge >= 0.3 is 5.97 Å². The molecule has 1 aromatic heterocycles. The Kier molecular flexibility index (Phi) is 3.26. The zero-order valence-corrected chi connectivity index (χ0v) is 9.53. The summed E-state index contributed by atoms with van der Waals surface area (Å²) in [6.07, 6.45) is 0. The van der Waals surface area contributed by atoms with Gasteiger partial charge in [-0.1, -0.05) is 0 Å². The fourth-order valence-corrected chi connectivity index (χ4v) is 1.63. The van der Waals surface area contributed by atoms with Crippen LogP contribution in [-0.2, 0) is 11.3 Å². The van der Waals surface area contributed by atoms with Crippen molar-refractivity contribution in [1.29, 1.82) is 0 Å². The number of nitrogens with one attached hydrogen (secondary N) is 1. The number of hydrogen-bond acceptors (Lipinski definition) is 5. The first-order valence-corrected chi connectivity index (χ1v) is 5.28. The molecule has 1 aliphatic rings. The fourth-order valence-electron chi connectivity index (χ4n) is 1.63. The summed E-state index contributed by atoms with van der Waals surface area (Å²) in [5.41, 5.74) is 0. The quantitative estimate of drug-likeness (QED) is 0.753. The number of ether oxygens (including phenoxy) is 1. The Hall–Kier alpha value is -1.33. The molecule has 0 unspecified atom stereocenters. The molecule has 1 N–H and O–H groups in total. The highest BCUT2D eigenvalue weighted by Gasteiger charge is 2.22. The average molecular weight is 224 g/mol. The lowest BCUT2D eigenvalue weighted by Crippen LogP contribution is -2.55. The fraction of sp³-hybridized carbons (Fsp3) is 0.545. The van der Waals surface area contributed by atoms with E-state index >= 15 is 0 Å². The lowest BCUT2D eigenvalue weighted by atomic mass is 10.1. The molecule has 1 aliphatic heterocycles. The molecule has 0 aliphatic carbocycles. The molecule has 1 aromatic rings. The highest BCUT2D eigenvalue weighted by atomic mass is 16.5. The minimum Gasteiger partial charge on any atom is -0.463 e. The van der Waals surface area contributed by atoms with Gasteiger partial charge < -0.3 is 14.5 Å². The Balaban J connectivity index is 1.93. The second-order valence-corrected chi connectivity index (χ2v) is 3.98. The molecular weight excluding hydrogens is 208 g/mol. The van der Waals surface area contributed by atoms with Crippen molar-refractivity contribution in [2.75, 3.05) is 27.2 Å². The second-order valence-electron chi connectivity index (χ2n) is 3.98. The Labute approximate surface area is 94.4 Å². The van der Waals surface area contributed by atoms with Crippen molar-refractivity contribution in [3.05, 3.63) is 23.7 Å². The van der Waals surface area contributed by atoms with Gasteiger partial charge in [-0.05, 0) is 19.2 Å². The summed E-state index contributed by atoms with van der Waals surface area (Å²) in [6.45, 7) is 2.74. The van der Waals surface area contributed by atoms with Crippen molar-refractivity contribution in [3.8, 4) is 0 Å². The molecule has 0 aromatic carbocycles. The lowest BCUT2D eigenvalue weighted by Gasteiger charge is -2.35. The van der Waals surface area contributed by atoms with Gasteiger partial charge in [-0.25, -0.2) is 4.79 Å². The maximum atomic E-state index is 11.2. The Morgan fingerprint density at radius 2 is 2.38 bits per heavy atom. The zero-order chi connectivity index (χ0) is 11.5. The number of carbonyl (C=O) groups excluding carboxylic acids is 1. The first-order chi connectivity index (χ1) is 7.70. The van der Waals surface area contributed by atoms with Crippen LogP contribution >= 0.6 is 0 Å². The van der Waals surface area contributed by atoms with Gasteiger partial charge in [0.25, 0.3) is 0 Å². The van der Waals surface area contributed by atoms with Crippen LogP contribution in [0.4, 0.5) is 0 Å². The summed E-state index contributed by atoms with van der Waals surface area (Å²) < 4.78 is 9.97. The van der Waals surface area contributed by atoms with Crippen LogP contribution in [0.3, 0.4) is 0 Å². The summed E-state index contributed by atoms with van der Waals surface area (Å²) in [7, 11) is 3.39. The molecule has 1 saturated heterocycles. The van der Waals surface area contributed by atoms with Crippen molar-refractivity contribution in [2.45, 2.75) is 12.6 Å². The molecule has 0 bridgehead atoms. The van der Waals surface area contributed by atoms with Crippen LogP contribution in [0.5, 0.6) is 0 Å². The lowest BCUT2D eigenvalue weighted by molar-refractivity contribution is 0.0560. The molecule has 2 heterocycles.